The Kier molecular flexibility index (Phi) is 8.84. The summed E-state index contributed by atoms with van der Waals surface area (Å²) >= 11 is 0. The number of fused-ring (bicyclic) bond motifs is 1. The van der Waals surface area contributed by atoms with Gasteiger partial charge in [-0.2, -0.15) is 13.2 Å². The van der Waals surface area contributed by atoms with Crippen molar-refractivity contribution < 1.29 is 37.7 Å². The summed E-state index contributed by atoms with van der Waals surface area (Å²) < 4.78 is 38.1. The zero-order valence-corrected chi connectivity index (χ0v) is 18.8. The summed E-state index contributed by atoms with van der Waals surface area (Å²) in [6.07, 6.45) is -3.90. The standard InChI is InChI=1S/C24H25NO3.C2HF3O2/c26-24(27)14-17-5-9-20(10-6-17)22-11-12-25-15-23(22)28-16-18-7-8-19-3-1-2-4-21(19)13-18;3-2(4,5)1(6)7/h1-10,13,22-23,25H,11-12,14-16H2,(H,26,27);(H,6,7). The second kappa shape index (κ2) is 11.8. The number of carboxylic acids is 2. The molecule has 4 rings (SSSR count). The summed E-state index contributed by atoms with van der Waals surface area (Å²) in [5.74, 6) is -3.24. The number of carboxylic acid groups (broad SMARTS) is 2. The lowest BCUT2D eigenvalue weighted by Gasteiger charge is -2.32. The molecular weight excluding hydrogens is 463 g/mol. The van der Waals surface area contributed by atoms with Gasteiger partial charge < -0.3 is 20.3 Å². The molecule has 1 aliphatic heterocycles. The number of halogens is 3. The molecule has 1 heterocycles. The third-order valence-corrected chi connectivity index (χ3v) is 5.71. The van der Waals surface area contributed by atoms with Gasteiger partial charge >= 0.3 is 18.1 Å². The largest absolute Gasteiger partial charge is 0.490 e. The molecule has 6 nitrogen and oxygen atoms in total. The van der Waals surface area contributed by atoms with Gasteiger partial charge in [-0.1, -0.05) is 60.7 Å². The fraction of sp³-hybridized carbons (Fsp3) is 0.308. The predicted molar refractivity (Wildman–Crippen MR) is 124 cm³/mol. The van der Waals surface area contributed by atoms with Crippen LogP contribution in [-0.4, -0.2) is 47.5 Å². The molecule has 0 aliphatic carbocycles. The van der Waals surface area contributed by atoms with Gasteiger partial charge in [0.2, 0.25) is 0 Å². The summed E-state index contributed by atoms with van der Waals surface area (Å²) in [7, 11) is 0. The van der Waals surface area contributed by atoms with Crippen LogP contribution in [0.25, 0.3) is 10.8 Å². The van der Waals surface area contributed by atoms with Gasteiger partial charge in [0, 0.05) is 12.5 Å². The van der Waals surface area contributed by atoms with Gasteiger partial charge in [0.25, 0.3) is 0 Å². The fourth-order valence-corrected chi connectivity index (χ4v) is 3.98. The third kappa shape index (κ3) is 7.80. The Bertz CT molecular complexity index is 1150. The minimum absolute atomic E-state index is 0.0639. The second-order valence-electron chi connectivity index (χ2n) is 8.25. The van der Waals surface area contributed by atoms with E-state index >= 15 is 0 Å². The first-order chi connectivity index (χ1) is 16.6. The van der Waals surface area contributed by atoms with Crippen LogP contribution in [0.4, 0.5) is 13.2 Å². The first-order valence-electron chi connectivity index (χ1n) is 11.0. The first-order valence-corrected chi connectivity index (χ1v) is 11.0. The van der Waals surface area contributed by atoms with Crippen LogP contribution >= 0.6 is 0 Å². The van der Waals surface area contributed by atoms with Crippen molar-refractivity contribution in [3.63, 3.8) is 0 Å². The second-order valence-corrected chi connectivity index (χ2v) is 8.25. The molecule has 2 atom stereocenters. The minimum Gasteiger partial charge on any atom is -0.481 e. The maximum absolute atomic E-state index is 10.9. The number of hydrogen-bond acceptors (Lipinski definition) is 4. The molecule has 0 bridgehead atoms. The molecule has 2 unspecified atom stereocenters. The Hall–Kier alpha value is -3.43. The summed E-state index contributed by atoms with van der Waals surface area (Å²) in [6, 6.07) is 22.8. The van der Waals surface area contributed by atoms with Crippen LogP contribution in [0.3, 0.4) is 0 Å². The lowest BCUT2D eigenvalue weighted by atomic mass is 9.87. The summed E-state index contributed by atoms with van der Waals surface area (Å²) in [5, 5.41) is 22.0. The van der Waals surface area contributed by atoms with Crippen LogP contribution in [0.1, 0.15) is 29.0 Å². The van der Waals surface area contributed by atoms with Crippen LogP contribution in [0, 0.1) is 0 Å². The van der Waals surface area contributed by atoms with Gasteiger partial charge in [0.15, 0.2) is 0 Å². The van der Waals surface area contributed by atoms with Gasteiger partial charge in [0.05, 0.1) is 19.1 Å². The van der Waals surface area contributed by atoms with E-state index in [4.69, 9.17) is 19.7 Å². The normalized spacial score (nSPS) is 17.9. The highest BCUT2D eigenvalue weighted by molar-refractivity contribution is 5.82. The van der Waals surface area contributed by atoms with Crippen LogP contribution in [0.2, 0.25) is 0 Å². The molecular formula is C26H26F3NO5. The molecule has 1 saturated heterocycles. The van der Waals surface area contributed by atoms with Crippen LogP contribution < -0.4 is 5.32 Å². The van der Waals surface area contributed by atoms with E-state index in [-0.39, 0.29) is 12.5 Å². The number of ether oxygens (including phenoxy) is 1. The lowest BCUT2D eigenvalue weighted by Crippen LogP contribution is -2.40. The highest BCUT2D eigenvalue weighted by Gasteiger charge is 2.38. The van der Waals surface area contributed by atoms with Crippen molar-refractivity contribution in [1.82, 2.24) is 5.32 Å². The monoisotopic (exact) mass is 489 g/mol. The molecule has 0 radical (unpaired) electrons. The van der Waals surface area contributed by atoms with Crippen LogP contribution in [0.15, 0.2) is 66.7 Å². The quantitative estimate of drug-likeness (QED) is 0.462. The summed E-state index contributed by atoms with van der Waals surface area (Å²) in [5.41, 5.74) is 3.23. The van der Waals surface area contributed by atoms with E-state index in [2.05, 4.69) is 59.9 Å². The molecule has 0 spiro atoms. The molecule has 35 heavy (non-hydrogen) atoms. The number of piperidine rings is 1. The smallest absolute Gasteiger partial charge is 0.481 e. The number of rotatable bonds is 6. The highest BCUT2D eigenvalue weighted by Crippen LogP contribution is 2.29. The number of alkyl halides is 3. The molecule has 3 aromatic carbocycles. The Morgan fingerprint density at radius 3 is 2.20 bits per heavy atom. The van der Waals surface area contributed by atoms with Gasteiger partial charge in [-0.15, -0.1) is 0 Å². The zero-order valence-electron chi connectivity index (χ0n) is 18.8. The van der Waals surface area contributed by atoms with Gasteiger partial charge in [-0.05, 0) is 46.5 Å². The van der Waals surface area contributed by atoms with Crippen molar-refractivity contribution in [2.45, 2.75) is 37.6 Å². The van der Waals surface area contributed by atoms with E-state index in [9.17, 15) is 18.0 Å². The first kappa shape index (κ1) is 26.2. The molecule has 9 heteroatoms. The summed E-state index contributed by atoms with van der Waals surface area (Å²) in [4.78, 5) is 19.8. The van der Waals surface area contributed by atoms with Crippen molar-refractivity contribution in [2.75, 3.05) is 13.1 Å². The third-order valence-electron chi connectivity index (χ3n) is 5.71. The van der Waals surface area contributed by atoms with Crippen molar-refractivity contribution in [3.8, 4) is 0 Å². The SMILES string of the molecule is O=C(O)C(F)(F)F.O=C(O)Cc1ccc(C2CCNCC2OCc2ccc3ccccc3c2)cc1. The minimum atomic E-state index is -5.08. The van der Waals surface area contributed by atoms with E-state index in [0.29, 0.717) is 12.5 Å². The molecule has 3 N–H and O–H groups in total. The molecule has 1 fully saturated rings. The highest BCUT2D eigenvalue weighted by atomic mass is 19.4. The topological polar surface area (TPSA) is 95.9 Å². The predicted octanol–water partition coefficient (Wildman–Crippen LogP) is 4.76. The van der Waals surface area contributed by atoms with E-state index in [0.717, 1.165) is 25.1 Å². The van der Waals surface area contributed by atoms with Crippen molar-refractivity contribution in [1.29, 1.82) is 0 Å². The zero-order chi connectivity index (χ0) is 25.4. The number of hydrogen-bond donors (Lipinski definition) is 3. The Labute approximate surface area is 200 Å². The maximum Gasteiger partial charge on any atom is 0.490 e. The number of carbonyl (C=O) groups is 2. The lowest BCUT2D eigenvalue weighted by molar-refractivity contribution is -0.192. The van der Waals surface area contributed by atoms with Gasteiger partial charge in [0.1, 0.15) is 0 Å². The summed E-state index contributed by atoms with van der Waals surface area (Å²) in [6.45, 7) is 2.39. The van der Waals surface area contributed by atoms with Crippen molar-refractivity contribution in [3.05, 3.63) is 83.4 Å². The average Bonchev–Trinajstić information content (AvgIpc) is 2.83. The molecule has 3 aromatic rings. The Balaban J connectivity index is 0.000000429. The molecule has 1 aliphatic rings. The Morgan fingerprint density at radius 2 is 1.57 bits per heavy atom. The van der Waals surface area contributed by atoms with Gasteiger partial charge in [-0.25, -0.2) is 4.79 Å². The van der Waals surface area contributed by atoms with Crippen molar-refractivity contribution >= 4 is 22.7 Å². The Morgan fingerprint density at radius 1 is 0.943 bits per heavy atom. The number of nitrogens with one attached hydrogen (secondary N) is 1. The van der Waals surface area contributed by atoms with E-state index in [1.165, 1.54) is 21.9 Å². The van der Waals surface area contributed by atoms with E-state index < -0.39 is 18.1 Å². The molecule has 0 aromatic heterocycles. The average molecular weight is 489 g/mol. The van der Waals surface area contributed by atoms with E-state index in [1.807, 2.05) is 12.1 Å². The molecule has 0 amide bonds. The fourth-order valence-electron chi connectivity index (χ4n) is 3.98. The molecule has 186 valence electrons. The van der Waals surface area contributed by atoms with Crippen LogP contribution in [-0.2, 0) is 27.4 Å². The van der Waals surface area contributed by atoms with Crippen molar-refractivity contribution in [2.24, 2.45) is 0 Å². The molecule has 0 saturated carbocycles. The number of aliphatic carboxylic acids is 2. The van der Waals surface area contributed by atoms with E-state index in [1.54, 1.807) is 0 Å². The van der Waals surface area contributed by atoms with Gasteiger partial charge in [-0.3, -0.25) is 4.79 Å². The maximum atomic E-state index is 10.9. The van der Waals surface area contributed by atoms with Crippen LogP contribution in [0.5, 0.6) is 0 Å². The number of benzene rings is 3.